The molecule has 0 amide bonds. The summed E-state index contributed by atoms with van der Waals surface area (Å²) in [5, 5.41) is 0. The first kappa shape index (κ1) is 17.4. The van der Waals surface area contributed by atoms with Crippen LogP contribution in [0, 0.1) is 13.8 Å². The minimum Gasteiger partial charge on any atom is -0.487 e. The SMILES string of the molecule is CCn1c(C)c(C)c2nccc(OCc3ccc4c(c3)OCO4)c21.Cl. The van der Waals surface area contributed by atoms with E-state index in [9.17, 15) is 0 Å². The molecule has 1 aromatic carbocycles. The predicted molar refractivity (Wildman–Crippen MR) is 99.0 cm³/mol. The van der Waals surface area contributed by atoms with E-state index in [1.807, 2.05) is 30.5 Å². The molecule has 0 atom stereocenters. The Morgan fingerprint density at radius 2 is 1.96 bits per heavy atom. The van der Waals surface area contributed by atoms with Crippen molar-refractivity contribution in [3.05, 3.63) is 47.3 Å². The van der Waals surface area contributed by atoms with Crippen LogP contribution in [0.5, 0.6) is 17.2 Å². The van der Waals surface area contributed by atoms with Crippen LogP contribution in [0.3, 0.4) is 0 Å². The summed E-state index contributed by atoms with van der Waals surface area (Å²) in [6, 6.07) is 7.82. The summed E-state index contributed by atoms with van der Waals surface area (Å²) >= 11 is 0. The van der Waals surface area contributed by atoms with E-state index >= 15 is 0 Å². The summed E-state index contributed by atoms with van der Waals surface area (Å²) in [6.45, 7) is 8.03. The van der Waals surface area contributed by atoms with Crippen molar-refractivity contribution in [2.75, 3.05) is 6.79 Å². The number of halogens is 1. The molecule has 4 rings (SSSR count). The number of rotatable bonds is 4. The first-order chi connectivity index (χ1) is 11.7. The first-order valence-electron chi connectivity index (χ1n) is 8.14. The standard InChI is InChI=1S/C19H20N2O3.ClH/c1-4-21-13(3)12(2)18-19(21)16(7-8-20-18)22-10-14-5-6-15-17(9-14)24-11-23-15;/h5-9H,4,10-11H2,1-3H3;1H. The zero-order valence-electron chi connectivity index (χ0n) is 14.5. The van der Waals surface area contributed by atoms with Crippen molar-refractivity contribution in [1.29, 1.82) is 0 Å². The Morgan fingerprint density at radius 3 is 2.76 bits per heavy atom. The second-order valence-corrected chi connectivity index (χ2v) is 5.94. The van der Waals surface area contributed by atoms with Crippen molar-refractivity contribution in [3.63, 3.8) is 0 Å². The third-order valence-electron chi connectivity index (χ3n) is 4.61. The monoisotopic (exact) mass is 360 g/mol. The second-order valence-electron chi connectivity index (χ2n) is 5.94. The molecule has 0 fully saturated rings. The first-order valence-corrected chi connectivity index (χ1v) is 8.14. The van der Waals surface area contributed by atoms with E-state index in [1.165, 1.54) is 11.3 Å². The van der Waals surface area contributed by atoms with Gasteiger partial charge in [0.15, 0.2) is 11.5 Å². The van der Waals surface area contributed by atoms with Gasteiger partial charge in [-0.05, 0) is 44.0 Å². The van der Waals surface area contributed by atoms with E-state index in [0.717, 1.165) is 40.4 Å². The van der Waals surface area contributed by atoms with Gasteiger partial charge in [0.05, 0.1) is 5.52 Å². The number of nitrogens with zero attached hydrogens (tertiary/aromatic N) is 2. The molecule has 132 valence electrons. The van der Waals surface area contributed by atoms with E-state index in [4.69, 9.17) is 14.2 Å². The van der Waals surface area contributed by atoms with Gasteiger partial charge in [0, 0.05) is 24.5 Å². The van der Waals surface area contributed by atoms with Crippen LogP contribution in [-0.2, 0) is 13.2 Å². The van der Waals surface area contributed by atoms with Crippen LogP contribution in [-0.4, -0.2) is 16.3 Å². The average molecular weight is 361 g/mol. The van der Waals surface area contributed by atoms with E-state index in [2.05, 4.69) is 30.3 Å². The molecule has 0 saturated heterocycles. The van der Waals surface area contributed by atoms with Crippen molar-refractivity contribution in [2.24, 2.45) is 0 Å². The minimum absolute atomic E-state index is 0. The Hall–Kier alpha value is -2.40. The maximum Gasteiger partial charge on any atom is 0.231 e. The van der Waals surface area contributed by atoms with Gasteiger partial charge in [-0.15, -0.1) is 12.4 Å². The quantitative estimate of drug-likeness (QED) is 0.691. The Kier molecular flexibility index (Phi) is 4.77. The molecule has 6 heteroatoms. The molecule has 0 aliphatic carbocycles. The topological polar surface area (TPSA) is 45.5 Å². The molecule has 0 unspecified atom stereocenters. The fourth-order valence-corrected chi connectivity index (χ4v) is 3.22. The Labute approximate surface area is 152 Å². The van der Waals surface area contributed by atoms with Gasteiger partial charge in [-0.3, -0.25) is 4.98 Å². The van der Waals surface area contributed by atoms with Crippen molar-refractivity contribution in [1.82, 2.24) is 9.55 Å². The van der Waals surface area contributed by atoms with Crippen molar-refractivity contribution < 1.29 is 14.2 Å². The van der Waals surface area contributed by atoms with Crippen molar-refractivity contribution in [2.45, 2.75) is 33.9 Å². The zero-order valence-corrected chi connectivity index (χ0v) is 15.4. The smallest absolute Gasteiger partial charge is 0.231 e. The van der Waals surface area contributed by atoms with Gasteiger partial charge in [-0.2, -0.15) is 0 Å². The minimum atomic E-state index is 0. The normalized spacial score (nSPS) is 12.3. The molecule has 0 saturated carbocycles. The highest BCUT2D eigenvalue weighted by Gasteiger charge is 2.16. The van der Waals surface area contributed by atoms with Crippen LogP contribution in [0.2, 0.25) is 0 Å². The van der Waals surface area contributed by atoms with Crippen LogP contribution >= 0.6 is 12.4 Å². The fraction of sp³-hybridized carbons (Fsp3) is 0.316. The molecule has 0 N–H and O–H groups in total. The van der Waals surface area contributed by atoms with Crippen LogP contribution in [0.15, 0.2) is 30.5 Å². The maximum absolute atomic E-state index is 6.12. The number of fused-ring (bicyclic) bond motifs is 2. The second kappa shape index (κ2) is 6.84. The predicted octanol–water partition coefficient (Wildman–Crippen LogP) is 4.40. The summed E-state index contributed by atoms with van der Waals surface area (Å²) in [6.07, 6.45) is 1.81. The van der Waals surface area contributed by atoms with Crippen LogP contribution in [0.4, 0.5) is 0 Å². The van der Waals surface area contributed by atoms with Gasteiger partial charge < -0.3 is 18.8 Å². The lowest BCUT2D eigenvalue weighted by molar-refractivity contribution is 0.174. The summed E-state index contributed by atoms with van der Waals surface area (Å²) < 4.78 is 19.1. The summed E-state index contributed by atoms with van der Waals surface area (Å²) in [4.78, 5) is 4.54. The molecule has 5 nitrogen and oxygen atoms in total. The molecule has 0 spiro atoms. The highest BCUT2D eigenvalue weighted by Crippen LogP contribution is 2.34. The summed E-state index contributed by atoms with van der Waals surface area (Å²) in [5.74, 6) is 2.42. The van der Waals surface area contributed by atoms with Gasteiger partial charge in [-0.1, -0.05) is 6.07 Å². The third-order valence-corrected chi connectivity index (χ3v) is 4.61. The van der Waals surface area contributed by atoms with E-state index < -0.39 is 0 Å². The van der Waals surface area contributed by atoms with Crippen molar-refractivity contribution >= 4 is 23.4 Å². The van der Waals surface area contributed by atoms with Crippen LogP contribution in [0.25, 0.3) is 11.0 Å². The molecule has 0 radical (unpaired) electrons. The number of ether oxygens (including phenoxy) is 3. The zero-order chi connectivity index (χ0) is 16.7. The lowest BCUT2D eigenvalue weighted by Crippen LogP contribution is -2.01. The summed E-state index contributed by atoms with van der Waals surface area (Å²) in [7, 11) is 0. The van der Waals surface area contributed by atoms with Gasteiger partial charge in [-0.25, -0.2) is 0 Å². The molecular formula is C19H21ClN2O3. The number of benzene rings is 1. The number of aryl methyl sites for hydroxylation is 2. The van der Waals surface area contributed by atoms with Crippen LogP contribution in [0.1, 0.15) is 23.7 Å². The van der Waals surface area contributed by atoms with E-state index in [1.54, 1.807) is 0 Å². The Balaban J connectivity index is 0.00000182. The lowest BCUT2D eigenvalue weighted by Gasteiger charge is -2.11. The number of pyridine rings is 1. The molecule has 1 aliphatic heterocycles. The number of hydrogen-bond donors (Lipinski definition) is 0. The third kappa shape index (κ3) is 2.89. The maximum atomic E-state index is 6.12. The van der Waals surface area contributed by atoms with Crippen LogP contribution < -0.4 is 14.2 Å². The largest absolute Gasteiger partial charge is 0.487 e. The Bertz CT molecular complexity index is 921. The Morgan fingerprint density at radius 1 is 1.16 bits per heavy atom. The molecule has 2 aromatic heterocycles. The summed E-state index contributed by atoms with van der Waals surface area (Å²) in [5.41, 5.74) is 5.57. The highest BCUT2D eigenvalue weighted by atomic mass is 35.5. The van der Waals surface area contributed by atoms with E-state index in [-0.39, 0.29) is 19.2 Å². The molecule has 25 heavy (non-hydrogen) atoms. The lowest BCUT2D eigenvalue weighted by atomic mass is 10.2. The van der Waals surface area contributed by atoms with Gasteiger partial charge in [0.1, 0.15) is 17.9 Å². The molecule has 3 aromatic rings. The van der Waals surface area contributed by atoms with Gasteiger partial charge in [0.2, 0.25) is 6.79 Å². The van der Waals surface area contributed by atoms with E-state index in [0.29, 0.717) is 6.61 Å². The molecular weight excluding hydrogens is 340 g/mol. The van der Waals surface area contributed by atoms with Gasteiger partial charge >= 0.3 is 0 Å². The molecule has 3 heterocycles. The highest BCUT2D eigenvalue weighted by molar-refractivity contribution is 5.86. The average Bonchev–Trinajstić information content (AvgIpc) is 3.16. The van der Waals surface area contributed by atoms with Gasteiger partial charge in [0.25, 0.3) is 0 Å². The molecule has 1 aliphatic rings. The number of aromatic nitrogens is 2. The number of hydrogen-bond acceptors (Lipinski definition) is 4. The molecule has 0 bridgehead atoms. The van der Waals surface area contributed by atoms with Crippen molar-refractivity contribution in [3.8, 4) is 17.2 Å². The fourth-order valence-electron chi connectivity index (χ4n) is 3.22.